The zero-order valence-electron chi connectivity index (χ0n) is 29.6. The number of fused-ring (bicyclic) bond motifs is 14. The molecule has 0 radical (unpaired) electrons. The van der Waals surface area contributed by atoms with Gasteiger partial charge in [-0.1, -0.05) is 97.1 Å². The molecule has 0 aliphatic heterocycles. The molecule has 0 unspecified atom stereocenters. The Bertz CT molecular complexity index is 3750. The first-order valence-corrected chi connectivity index (χ1v) is 18.5. The zero-order valence-corrected chi connectivity index (χ0v) is 29.6. The van der Waals surface area contributed by atoms with Crippen LogP contribution in [0.3, 0.4) is 0 Å². The highest BCUT2D eigenvalue weighted by Gasteiger charge is 2.26. The van der Waals surface area contributed by atoms with Crippen LogP contribution < -0.4 is 0 Å². The maximum Gasteiger partial charge on any atom is 0.145 e. The number of furan rings is 2. The van der Waals surface area contributed by atoms with E-state index in [1.807, 2.05) is 84.9 Å². The van der Waals surface area contributed by atoms with E-state index < -0.39 is 0 Å². The maximum absolute atomic E-state index is 10.9. The van der Waals surface area contributed by atoms with E-state index in [4.69, 9.17) is 8.83 Å². The Kier molecular flexibility index (Phi) is 6.10. The van der Waals surface area contributed by atoms with Gasteiger partial charge in [0.1, 0.15) is 34.5 Å². The first-order valence-electron chi connectivity index (χ1n) is 18.5. The fraction of sp³-hybridized carbons (Fsp3) is 0. The summed E-state index contributed by atoms with van der Waals surface area (Å²) in [5.74, 6) is 0. The van der Waals surface area contributed by atoms with Gasteiger partial charge in [-0.2, -0.15) is 10.5 Å². The summed E-state index contributed by atoms with van der Waals surface area (Å²) in [6, 6.07) is 58.1. The quantitative estimate of drug-likeness (QED) is 0.182. The van der Waals surface area contributed by atoms with Gasteiger partial charge in [0.25, 0.3) is 0 Å². The minimum Gasteiger partial charge on any atom is -0.456 e. The van der Waals surface area contributed by atoms with Crippen molar-refractivity contribution in [2.45, 2.75) is 0 Å². The molecule has 6 heteroatoms. The lowest BCUT2D eigenvalue weighted by atomic mass is 9.95. The minimum absolute atomic E-state index is 0.508. The highest BCUT2D eigenvalue weighted by atomic mass is 16.3. The van der Waals surface area contributed by atoms with Gasteiger partial charge in [-0.25, -0.2) is 0 Å². The third-order valence-corrected chi connectivity index (χ3v) is 11.4. The van der Waals surface area contributed by atoms with Crippen molar-refractivity contribution in [2.75, 3.05) is 0 Å². The van der Waals surface area contributed by atoms with Crippen LogP contribution in [-0.4, -0.2) is 9.13 Å². The molecule has 0 amide bonds. The van der Waals surface area contributed by atoms with Crippen molar-refractivity contribution >= 4 is 87.5 Å². The lowest BCUT2D eigenvalue weighted by molar-refractivity contribution is 0.669. The summed E-state index contributed by atoms with van der Waals surface area (Å²) < 4.78 is 17.5. The van der Waals surface area contributed by atoms with Gasteiger partial charge in [0, 0.05) is 43.4 Å². The number of hydrogen-bond donors (Lipinski definition) is 0. The van der Waals surface area contributed by atoms with Crippen molar-refractivity contribution in [1.82, 2.24) is 9.13 Å². The maximum atomic E-state index is 10.9. The summed E-state index contributed by atoms with van der Waals surface area (Å²) in [7, 11) is 0. The van der Waals surface area contributed by atoms with Crippen molar-refractivity contribution in [2.24, 2.45) is 0 Å². The van der Waals surface area contributed by atoms with Crippen LogP contribution in [0.4, 0.5) is 0 Å². The van der Waals surface area contributed by atoms with E-state index in [0.717, 1.165) is 110 Å². The van der Waals surface area contributed by atoms with E-state index in [-0.39, 0.29) is 0 Å². The summed E-state index contributed by atoms with van der Waals surface area (Å²) in [4.78, 5) is 0. The van der Waals surface area contributed by atoms with Gasteiger partial charge in [-0.05, 0) is 60.7 Å². The van der Waals surface area contributed by atoms with Gasteiger partial charge in [0.2, 0.25) is 0 Å². The van der Waals surface area contributed by atoms with Crippen molar-refractivity contribution < 1.29 is 8.83 Å². The Morgan fingerprint density at radius 3 is 1.66 bits per heavy atom. The largest absolute Gasteiger partial charge is 0.456 e. The molecule has 0 saturated heterocycles. The third kappa shape index (κ3) is 3.92. The highest BCUT2D eigenvalue weighted by molar-refractivity contribution is 6.26. The first kappa shape index (κ1) is 30.4. The second-order valence-corrected chi connectivity index (χ2v) is 14.2. The third-order valence-electron chi connectivity index (χ3n) is 11.4. The molecular weight excluding hydrogens is 689 g/mol. The number of rotatable bonds is 3. The number of nitrogens with zero attached hydrogens (tertiary/aromatic N) is 4. The summed E-state index contributed by atoms with van der Waals surface area (Å²) in [5.41, 5.74) is 11.1. The highest BCUT2D eigenvalue weighted by Crippen LogP contribution is 2.46. The van der Waals surface area contributed by atoms with E-state index in [1.54, 1.807) is 0 Å². The molecule has 0 aliphatic carbocycles. The molecule has 4 aromatic heterocycles. The fourth-order valence-electron chi connectivity index (χ4n) is 9.16. The van der Waals surface area contributed by atoms with Crippen LogP contribution in [-0.2, 0) is 0 Å². The Morgan fingerprint density at radius 2 is 0.946 bits per heavy atom. The predicted octanol–water partition coefficient (Wildman–Crippen LogP) is 13.1. The number of nitriles is 2. The molecule has 12 rings (SSSR count). The summed E-state index contributed by atoms with van der Waals surface area (Å²) in [6.07, 6.45) is 0. The van der Waals surface area contributed by atoms with E-state index >= 15 is 0 Å². The smallest absolute Gasteiger partial charge is 0.145 e. The van der Waals surface area contributed by atoms with E-state index in [2.05, 4.69) is 94.1 Å². The number of hydrogen-bond acceptors (Lipinski definition) is 4. The Hall–Kier alpha value is -8.06. The summed E-state index contributed by atoms with van der Waals surface area (Å²) >= 11 is 0. The second-order valence-electron chi connectivity index (χ2n) is 14.2. The van der Waals surface area contributed by atoms with Crippen molar-refractivity contribution in [3.8, 4) is 34.6 Å². The SMILES string of the molecule is N#Cc1cccc(-c2cccc(C#N)c2-n2c3ccccc3c3ccc4oc5ccccc5c4c32)c1-n1c2ccccc2c2c3oc4ccccc4c3ccc21. The molecule has 0 aliphatic rings. The van der Waals surface area contributed by atoms with Gasteiger partial charge in [0.05, 0.1) is 55.3 Å². The van der Waals surface area contributed by atoms with Crippen LogP contribution in [0.5, 0.6) is 0 Å². The zero-order chi connectivity index (χ0) is 37.1. The van der Waals surface area contributed by atoms with Crippen LogP contribution in [0, 0.1) is 22.7 Å². The first-order chi connectivity index (χ1) is 27.7. The van der Waals surface area contributed by atoms with Crippen LogP contribution in [0.2, 0.25) is 0 Å². The molecule has 6 nitrogen and oxygen atoms in total. The van der Waals surface area contributed by atoms with Crippen LogP contribution in [0.25, 0.3) is 110 Å². The molecule has 0 N–H and O–H groups in total. The molecule has 0 saturated carbocycles. The van der Waals surface area contributed by atoms with Crippen LogP contribution in [0.1, 0.15) is 11.1 Å². The Labute approximate surface area is 318 Å². The van der Waals surface area contributed by atoms with Crippen LogP contribution in [0.15, 0.2) is 167 Å². The molecule has 12 aromatic rings. The molecule has 0 atom stereocenters. The fourth-order valence-corrected chi connectivity index (χ4v) is 9.16. The predicted molar refractivity (Wildman–Crippen MR) is 225 cm³/mol. The Morgan fingerprint density at radius 1 is 0.375 bits per heavy atom. The van der Waals surface area contributed by atoms with Crippen molar-refractivity contribution in [3.05, 3.63) is 169 Å². The lowest BCUT2D eigenvalue weighted by Gasteiger charge is -2.20. The number of benzene rings is 8. The topological polar surface area (TPSA) is 83.7 Å². The molecule has 258 valence electrons. The van der Waals surface area contributed by atoms with Gasteiger partial charge < -0.3 is 18.0 Å². The molecule has 0 fully saturated rings. The average molecular weight is 715 g/mol. The molecule has 0 spiro atoms. The van der Waals surface area contributed by atoms with Crippen molar-refractivity contribution in [3.63, 3.8) is 0 Å². The van der Waals surface area contributed by atoms with Gasteiger partial charge >= 0.3 is 0 Å². The summed E-state index contributed by atoms with van der Waals surface area (Å²) in [6.45, 7) is 0. The monoisotopic (exact) mass is 714 g/mol. The van der Waals surface area contributed by atoms with Crippen LogP contribution >= 0.6 is 0 Å². The van der Waals surface area contributed by atoms with Gasteiger partial charge in [-0.15, -0.1) is 0 Å². The second kappa shape index (κ2) is 11.2. The number of para-hydroxylation sites is 6. The van der Waals surface area contributed by atoms with E-state index in [9.17, 15) is 10.5 Å². The molecule has 4 heterocycles. The number of aromatic nitrogens is 2. The van der Waals surface area contributed by atoms with Crippen molar-refractivity contribution in [1.29, 1.82) is 10.5 Å². The molecule has 56 heavy (non-hydrogen) atoms. The Balaban J connectivity index is 1.25. The molecule has 8 aromatic carbocycles. The van der Waals surface area contributed by atoms with Gasteiger partial charge in [-0.3, -0.25) is 0 Å². The van der Waals surface area contributed by atoms with Gasteiger partial charge in [0.15, 0.2) is 0 Å². The average Bonchev–Trinajstić information content (AvgIpc) is 4.00. The normalized spacial score (nSPS) is 11.9. The standard InChI is InChI=1S/C50H26N4O2/c51-27-29-11-9-17-33(47(29)53-40-20-6-2-15-37(40)45-41(53)25-23-36-32-14-3-7-21-42(32)56-50(36)45)34-18-10-12-30(28-52)48(34)54-39-19-5-1-13-31(39)35-24-26-44-46(49(35)54)38-16-4-8-22-43(38)55-44/h1-26H. The molecule has 0 bridgehead atoms. The molecular formula is C50H26N4O2. The van der Waals surface area contributed by atoms with E-state index in [0.29, 0.717) is 11.1 Å². The summed E-state index contributed by atoms with van der Waals surface area (Å²) in [5, 5.41) is 30.0. The lowest BCUT2D eigenvalue weighted by Crippen LogP contribution is -2.05. The minimum atomic E-state index is 0.508. The van der Waals surface area contributed by atoms with E-state index in [1.165, 1.54) is 0 Å².